The lowest BCUT2D eigenvalue weighted by atomic mass is 9.58. The standard InChI is InChI=1S/C16H24BrN/c1-4-13-9-16(10-13,11-18-12(2)3)14-7-5-6-8-15(14)17/h5-8,12-13,18H,4,9-11H2,1-3H3. The van der Waals surface area contributed by atoms with E-state index in [1.165, 1.54) is 29.3 Å². The Morgan fingerprint density at radius 1 is 1.33 bits per heavy atom. The second-order valence-electron chi connectivity index (χ2n) is 5.98. The Bertz CT molecular complexity index is 394. The molecule has 1 saturated carbocycles. The second kappa shape index (κ2) is 5.75. The molecule has 0 amide bonds. The van der Waals surface area contributed by atoms with Crippen LogP contribution in [0.25, 0.3) is 0 Å². The van der Waals surface area contributed by atoms with Crippen molar-refractivity contribution in [3.05, 3.63) is 34.3 Å². The Kier molecular flexibility index (Phi) is 4.50. The highest BCUT2D eigenvalue weighted by molar-refractivity contribution is 9.10. The summed E-state index contributed by atoms with van der Waals surface area (Å²) in [5.74, 6) is 0.908. The predicted octanol–water partition coefficient (Wildman–Crippen LogP) is 4.50. The third kappa shape index (κ3) is 2.80. The van der Waals surface area contributed by atoms with Crippen LogP contribution in [0.15, 0.2) is 28.7 Å². The highest BCUT2D eigenvalue weighted by Crippen LogP contribution is 2.50. The van der Waals surface area contributed by atoms with E-state index in [1.54, 1.807) is 0 Å². The molecule has 0 unspecified atom stereocenters. The summed E-state index contributed by atoms with van der Waals surface area (Å²) in [5.41, 5.74) is 1.84. The third-order valence-electron chi connectivity index (χ3n) is 4.23. The molecule has 0 spiro atoms. The van der Waals surface area contributed by atoms with Crippen LogP contribution in [0.4, 0.5) is 0 Å². The molecule has 100 valence electrons. The smallest absolute Gasteiger partial charge is 0.0213 e. The van der Waals surface area contributed by atoms with Gasteiger partial charge in [0.1, 0.15) is 0 Å². The summed E-state index contributed by atoms with van der Waals surface area (Å²) in [6, 6.07) is 9.29. The zero-order valence-electron chi connectivity index (χ0n) is 11.7. The molecule has 0 atom stereocenters. The van der Waals surface area contributed by atoms with Crippen LogP contribution < -0.4 is 5.32 Å². The molecule has 1 N–H and O–H groups in total. The molecule has 2 rings (SSSR count). The van der Waals surface area contributed by atoms with E-state index < -0.39 is 0 Å². The highest BCUT2D eigenvalue weighted by atomic mass is 79.9. The zero-order valence-corrected chi connectivity index (χ0v) is 13.3. The van der Waals surface area contributed by atoms with E-state index in [1.807, 2.05) is 0 Å². The van der Waals surface area contributed by atoms with Crippen molar-refractivity contribution in [2.45, 2.75) is 51.5 Å². The van der Waals surface area contributed by atoms with Gasteiger partial charge in [-0.25, -0.2) is 0 Å². The molecule has 2 heteroatoms. The zero-order chi connectivity index (χ0) is 13.2. The van der Waals surface area contributed by atoms with Crippen LogP contribution >= 0.6 is 15.9 Å². The van der Waals surface area contributed by atoms with Gasteiger partial charge in [-0.1, -0.05) is 61.3 Å². The van der Waals surface area contributed by atoms with Gasteiger partial charge in [0.25, 0.3) is 0 Å². The first-order valence-electron chi connectivity index (χ1n) is 7.06. The second-order valence-corrected chi connectivity index (χ2v) is 6.83. The molecular weight excluding hydrogens is 286 g/mol. The van der Waals surface area contributed by atoms with Crippen molar-refractivity contribution < 1.29 is 0 Å². The van der Waals surface area contributed by atoms with Crippen molar-refractivity contribution in [3.8, 4) is 0 Å². The van der Waals surface area contributed by atoms with Gasteiger partial charge in [-0.3, -0.25) is 0 Å². The van der Waals surface area contributed by atoms with Gasteiger partial charge < -0.3 is 5.32 Å². The van der Waals surface area contributed by atoms with E-state index in [9.17, 15) is 0 Å². The van der Waals surface area contributed by atoms with E-state index in [4.69, 9.17) is 0 Å². The Morgan fingerprint density at radius 2 is 2.00 bits per heavy atom. The average molecular weight is 310 g/mol. The summed E-state index contributed by atoms with van der Waals surface area (Å²) in [6.07, 6.45) is 3.96. The molecule has 1 fully saturated rings. The number of nitrogens with one attached hydrogen (secondary N) is 1. The number of benzene rings is 1. The van der Waals surface area contributed by atoms with Gasteiger partial charge in [0.05, 0.1) is 0 Å². The summed E-state index contributed by atoms with van der Waals surface area (Å²) >= 11 is 3.73. The van der Waals surface area contributed by atoms with Crippen LogP contribution in [0.3, 0.4) is 0 Å². The topological polar surface area (TPSA) is 12.0 Å². The molecule has 0 saturated heterocycles. The lowest BCUT2D eigenvalue weighted by molar-refractivity contribution is 0.130. The van der Waals surface area contributed by atoms with Crippen LogP contribution in [-0.4, -0.2) is 12.6 Å². The summed E-state index contributed by atoms with van der Waals surface area (Å²) in [5, 5.41) is 3.64. The van der Waals surface area contributed by atoms with E-state index >= 15 is 0 Å². The summed E-state index contributed by atoms with van der Waals surface area (Å²) in [6.45, 7) is 7.86. The summed E-state index contributed by atoms with van der Waals surface area (Å²) < 4.78 is 1.27. The summed E-state index contributed by atoms with van der Waals surface area (Å²) in [7, 11) is 0. The van der Waals surface area contributed by atoms with Crippen molar-refractivity contribution in [2.75, 3.05) is 6.54 Å². The predicted molar refractivity (Wildman–Crippen MR) is 82.0 cm³/mol. The maximum Gasteiger partial charge on any atom is 0.0213 e. The molecule has 0 aromatic heterocycles. The molecule has 1 aliphatic rings. The maximum atomic E-state index is 3.73. The number of hydrogen-bond acceptors (Lipinski definition) is 1. The first-order valence-corrected chi connectivity index (χ1v) is 7.85. The van der Waals surface area contributed by atoms with Crippen molar-refractivity contribution in [1.82, 2.24) is 5.32 Å². The molecule has 18 heavy (non-hydrogen) atoms. The first kappa shape index (κ1) is 14.1. The van der Waals surface area contributed by atoms with E-state index in [2.05, 4.69) is 66.3 Å². The molecule has 0 heterocycles. The van der Waals surface area contributed by atoms with Crippen molar-refractivity contribution in [2.24, 2.45) is 5.92 Å². The normalized spacial score (nSPS) is 27.3. The lowest BCUT2D eigenvalue weighted by Crippen LogP contribution is -2.50. The molecular formula is C16H24BrN. The minimum Gasteiger partial charge on any atom is -0.314 e. The van der Waals surface area contributed by atoms with Crippen LogP contribution in [0.5, 0.6) is 0 Å². The average Bonchev–Trinajstić information content (AvgIpc) is 2.29. The number of rotatable bonds is 5. The number of halogens is 1. The fraction of sp³-hybridized carbons (Fsp3) is 0.625. The lowest BCUT2D eigenvalue weighted by Gasteiger charge is -2.49. The van der Waals surface area contributed by atoms with Gasteiger partial charge in [0.2, 0.25) is 0 Å². The van der Waals surface area contributed by atoms with E-state index in [-0.39, 0.29) is 0 Å². The summed E-state index contributed by atoms with van der Waals surface area (Å²) in [4.78, 5) is 0. The van der Waals surface area contributed by atoms with Crippen LogP contribution in [0.2, 0.25) is 0 Å². The quantitative estimate of drug-likeness (QED) is 0.844. The van der Waals surface area contributed by atoms with Gasteiger partial charge in [0.15, 0.2) is 0 Å². The Morgan fingerprint density at radius 3 is 2.56 bits per heavy atom. The fourth-order valence-electron chi connectivity index (χ4n) is 3.08. The Balaban J connectivity index is 2.19. The van der Waals surface area contributed by atoms with E-state index in [0.29, 0.717) is 11.5 Å². The van der Waals surface area contributed by atoms with Gasteiger partial charge in [-0.15, -0.1) is 0 Å². The van der Waals surface area contributed by atoms with Gasteiger partial charge in [-0.2, -0.15) is 0 Å². The van der Waals surface area contributed by atoms with Gasteiger partial charge >= 0.3 is 0 Å². The van der Waals surface area contributed by atoms with Crippen molar-refractivity contribution in [1.29, 1.82) is 0 Å². The fourth-order valence-corrected chi connectivity index (χ4v) is 3.79. The molecule has 1 aliphatic carbocycles. The van der Waals surface area contributed by atoms with Gasteiger partial charge in [-0.05, 0) is 30.4 Å². The molecule has 0 aliphatic heterocycles. The maximum absolute atomic E-state index is 3.73. The molecule has 1 aromatic rings. The minimum atomic E-state index is 0.352. The first-order chi connectivity index (χ1) is 8.57. The van der Waals surface area contributed by atoms with Gasteiger partial charge in [0, 0.05) is 22.5 Å². The Labute approximate surface area is 119 Å². The van der Waals surface area contributed by atoms with Crippen molar-refractivity contribution in [3.63, 3.8) is 0 Å². The number of hydrogen-bond donors (Lipinski definition) is 1. The molecule has 1 nitrogen and oxygen atoms in total. The molecule has 1 aromatic carbocycles. The van der Waals surface area contributed by atoms with E-state index in [0.717, 1.165) is 12.5 Å². The third-order valence-corrected chi connectivity index (χ3v) is 4.92. The highest BCUT2D eigenvalue weighted by Gasteiger charge is 2.45. The Hall–Kier alpha value is -0.340. The van der Waals surface area contributed by atoms with Crippen molar-refractivity contribution >= 4 is 15.9 Å². The van der Waals surface area contributed by atoms with Crippen LogP contribution in [0, 0.1) is 5.92 Å². The van der Waals surface area contributed by atoms with Crippen LogP contribution in [0.1, 0.15) is 45.6 Å². The SMILES string of the molecule is CCC1CC(CNC(C)C)(c2ccccc2Br)C1. The monoisotopic (exact) mass is 309 g/mol. The molecule has 0 bridgehead atoms. The largest absolute Gasteiger partial charge is 0.314 e. The van der Waals surface area contributed by atoms with Crippen LogP contribution in [-0.2, 0) is 5.41 Å². The molecule has 0 radical (unpaired) electrons. The minimum absolute atomic E-state index is 0.352.